The zero-order valence-electron chi connectivity index (χ0n) is 38.0. The number of thiazole rings is 1. The Kier molecular flexibility index (Phi) is 15.1. The molecule has 0 bridgehead atoms. The number of aryl methyl sites for hydroxylation is 4. The monoisotopic (exact) mass is 892 g/mol. The molecule has 4 aromatic rings. The third-order valence-electron chi connectivity index (χ3n) is 13.2. The van der Waals surface area contributed by atoms with Crippen molar-refractivity contribution in [3.05, 3.63) is 104 Å². The maximum absolute atomic E-state index is 15.4. The molecule has 11 nitrogen and oxygen atoms in total. The van der Waals surface area contributed by atoms with E-state index in [1.54, 1.807) is 44.6 Å². The molecule has 0 spiro atoms. The van der Waals surface area contributed by atoms with Crippen molar-refractivity contribution < 1.29 is 23.0 Å². The van der Waals surface area contributed by atoms with Crippen molar-refractivity contribution in [3.63, 3.8) is 0 Å². The molecule has 6 heterocycles. The van der Waals surface area contributed by atoms with Gasteiger partial charge in [-0.25, -0.2) is 18.8 Å². The number of carbonyl (C=O) groups is 1. The minimum absolute atomic E-state index is 0.0633. The third-order valence-corrected chi connectivity index (χ3v) is 14.3. The number of rotatable bonds is 17. The molecule has 8 rings (SSSR count). The van der Waals surface area contributed by atoms with Crippen molar-refractivity contribution in [2.75, 3.05) is 46.9 Å². The number of fused-ring (bicyclic) bond motifs is 1. The van der Waals surface area contributed by atoms with Gasteiger partial charge >= 0.3 is 0 Å². The fourth-order valence-electron chi connectivity index (χ4n) is 9.50. The Morgan fingerprint density at radius 2 is 1.72 bits per heavy atom. The number of hydrogen-bond acceptors (Lipinski definition) is 10. The Balaban J connectivity index is 0.901. The first kappa shape index (κ1) is 45.8. The van der Waals surface area contributed by atoms with Gasteiger partial charge in [-0.2, -0.15) is 5.10 Å². The van der Waals surface area contributed by atoms with E-state index >= 15 is 4.39 Å². The summed E-state index contributed by atoms with van der Waals surface area (Å²) >= 11 is 1.79. The highest BCUT2D eigenvalue weighted by atomic mass is 32.1. The second-order valence-corrected chi connectivity index (χ2v) is 18.9. The van der Waals surface area contributed by atoms with E-state index in [1.165, 1.54) is 16.6 Å². The van der Waals surface area contributed by atoms with Crippen LogP contribution >= 0.6 is 11.3 Å². The van der Waals surface area contributed by atoms with Crippen molar-refractivity contribution >= 4 is 35.0 Å². The summed E-state index contributed by atoms with van der Waals surface area (Å²) in [5.41, 5.74) is 8.01. The minimum Gasteiger partial charge on any atom is -0.374 e. The number of nitrogens with zero attached hydrogens (tertiary/aromatic N) is 8. The summed E-state index contributed by atoms with van der Waals surface area (Å²) in [5.74, 6) is 0.787. The molecular weight excluding hydrogens is 831 g/mol. The van der Waals surface area contributed by atoms with E-state index in [1.807, 2.05) is 34.0 Å². The lowest BCUT2D eigenvalue weighted by atomic mass is 9.94. The number of hydrogen-bond donors (Lipinski definition) is 0. The highest BCUT2D eigenvalue weighted by Gasteiger charge is 2.31. The van der Waals surface area contributed by atoms with Crippen LogP contribution in [0.25, 0.3) is 11.3 Å². The Hall–Kier alpha value is -4.76. The normalized spacial score (nSPS) is 19.9. The fraction of sp³-hybridized carbons (Fsp3) is 0.520. The summed E-state index contributed by atoms with van der Waals surface area (Å²) in [5, 5.41) is 6.18. The SMILES string of the molecule is CCCC1=CC(c2ccc(F)c(CCCCc3cc(-c4ccc(F)c(C)c4)nn3CC(OC)N3CCc4nc(C)sc4CC3)c2)=NC1CC(=O)N1CCC(C2=NCC(OC)C=N2)CC1. The van der Waals surface area contributed by atoms with Gasteiger partial charge in [-0.3, -0.25) is 24.4 Å². The Morgan fingerprint density at radius 3 is 2.47 bits per heavy atom. The molecule has 1 saturated heterocycles. The predicted octanol–water partition coefficient (Wildman–Crippen LogP) is 8.56. The average Bonchev–Trinajstić information content (AvgIpc) is 3.98. The summed E-state index contributed by atoms with van der Waals surface area (Å²) in [4.78, 5) is 38.4. The van der Waals surface area contributed by atoms with Crippen molar-refractivity contribution in [3.8, 4) is 11.3 Å². The third kappa shape index (κ3) is 10.8. The van der Waals surface area contributed by atoms with E-state index in [0.29, 0.717) is 50.1 Å². The van der Waals surface area contributed by atoms with Gasteiger partial charge < -0.3 is 14.4 Å². The molecule has 0 N–H and O–H groups in total. The molecule has 64 heavy (non-hydrogen) atoms. The number of aromatic nitrogens is 3. The van der Waals surface area contributed by atoms with Gasteiger partial charge in [0, 0.05) is 80.6 Å². The molecule has 0 saturated carbocycles. The van der Waals surface area contributed by atoms with Crippen LogP contribution in [0.4, 0.5) is 8.78 Å². The zero-order valence-corrected chi connectivity index (χ0v) is 38.8. The topological polar surface area (TPSA) is 110 Å². The molecule has 0 aliphatic carbocycles. The number of amidine groups is 1. The molecule has 3 unspecified atom stereocenters. The first-order valence-electron chi connectivity index (χ1n) is 23.1. The zero-order chi connectivity index (χ0) is 44.7. The van der Waals surface area contributed by atoms with Crippen molar-refractivity contribution in [2.24, 2.45) is 20.9 Å². The van der Waals surface area contributed by atoms with Crippen LogP contribution in [0.1, 0.15) is 89.8 Å². The van der Waals surface area contributed by atoms with Gasteiger partial charge in [-0.05, 0) is 130 Å². The number of benzene rings is 2. The Morgan fingerprint density at radius 1 is 0.938 bits per heavy atom. The fourth-order valence-corrected chi connectivity index (χ4v) is 10.5. The average molecular weight is 893 g/mol. The minimum atomic E-state index is -0.239. The van der Waals surface area contributed by atoms with Crippen LogP contribution in [-0.2, 0) is 46.5 Å². The molecule has 0 radical (unpaired) electrons. The number of aliphatic imine (C=N–C) groups is 3. The van der Waals surface area contributed by atoms with Crippen LogP contribution in [0.2, 0.25) is 0 Å². The van der Waals surface area contributed by atoms with Crippen LogP contribution in [-0.4, -0.2) is 114 Å². The standard InChI is InChI=1S/C50H62F2N8O3S/c1-6-9-36-26-44(56-45(36)28-48(61)58-20-16-34(17-21-58)50-53-29-40(62-4)30-54-50)38-13-15-42(52)35(25-38)10-7-8-11-39-27-46(37-12-14-41(51)32(2)24-37)57-60(39)31-49(63-5)59-22-18-43-47(19-23-59)64-33(3)55-43/h12-15,24-27,29,34,40,45,49H,6-11,16-23,28,30-31H2,1-5H3. The van der Waals surface area contributed by atoms with Gasteiger partial charge in [0.05, 0.1) is 47.7 Å². The van der Waals surface area contributed by atoms with E-state index in [2.05, 4.69) is 40.9 Å². The maximum Gasteiger partial charge on any atom is 0.225 e. The maximum atomic E-state index is 15.4. The summed E-state index contributed by atoms with van der Waals surface area (Å²) < 4.78 is 43.2. The van der Waals surface area contributed by atoms with Crippen LogP contribution in [0, 0.1) is 31.4 Å². The molecule has 1 amide bonds. The number of piperidine rings is 1. The van der Waals surface area contributed by atoms with Gasteiger partial charge in [0.2, 0.25) is 5.91 Å². The van der Waals surface area contributed by atoms with E-state index in [0.717, 1.165) is 116 Å². The molecule has 14 heteroatoms. The number of halogens is 2. The van der Waals surface area contributed by atoms with Crippen molar-refractivity contribution in [1.82, 2.24) is 24.6 Å². The van der Waals surface area contributed by atoms with Crippen LogP contribution < -0.4 is 0 Å². The molecule has 3 atom stereocenters. The lowest BCUT2D eigenvalue weighted by molar-refractivity contribution is -0.132. The number of carbonyl (C=O) groups excluding carboxylic acids is 1. The van der Waals surface area contributed by atoms with Crippen LogP contribution in [0.3, 0.4) is 0 Å². The number of ether oxygens (including phenoxy) is 2. The lowest BCUT2D eigenvalue weighted by Crippen LogP contribution is -2.41. The van der Waals surface area contributed by atoms with Crippen LogP contribution in [0.5, 0.6) is 0 Å². The Labute approximate surface area is 380 Å². The number of unbranched alkanes of at least 4 members (excludes halogenated alkanes) is 1. The van der Waals surface area contributed by atoms with Crippen LogP contribution in [0.15, 0.2) is 69.1 Å². The van der Waals surface area contributed by atoms with Gasteiger partial charge in [0.1, 0.15) is 29.8 Å². The van der Waals surface area contributed by atoms with E-state index in [4.69, 9.17) is 24.5 Å². The number of methoxy groups -OCH3 is 2. The van der Waals surface area contributed by atoms with E-state index < -0.39 is 0 Å². The number of allylic oxidation sites excluding steroid dienone is 1. The van der Waals surface area contributed by atoms with Gasteiger partial charge in [-0.1, -0.05) is 13.3 Å². The first-order chi connectivity index (χ1) is 31.1. The van der Waals surface area contributed by atoms with Crippen molar-refractivity contribution in [2.45, 2.75) is 116 Å². The first-order valence-corrected chi connectivity index (χ1v) is 23.9. The molecule has 4 aliphatic rings. The summed E-state index contributed by atoms with van der Waals surface area (Å²) in [6.07, 6.45) is 12.3. The predicted molar refractivity (Wildman–Crippen MR) is 251 cm³/mol. The summed E-state index contributed by atoms with van der Waals surface area (Å²) in [7, 11) is 3.43. The summed E-state index contributed by atoms with van der Waals surface area (Å²) in [6.45, 7) is 10.2. The number of amides is 1. The van der Waals surface area contributed by atoms with Gasteiger partial charge in [0.25, 0.3) is 0 Å². The largest absolute Gasteiger partial charge is 0.374 e. The molecule has 1 fully saturated rings. The van der Waals surface area contributed by atoms with Gasteiger partial charge in [-0.15, -0.1) is 11.3 Å². The van der Waals surface area contributed by atoms with E-state index in [9.17, 15) is 9.18 Å². The smallest absolute Gasteiger partial charge is 0.225 e. The molecule has 4 aliphatic heterocycles. The quantitative estimate of drug-likeness (QED) is 0.0984. The molecule has 2 aromatic carbocycles. The lowest BCUT2D eigenvalue weighted by Gasteiger charge is -2.33. The number of likely N-dealkylation sites (tertiary alicyclic amines) is 1. The molecule has 2 aromatic heterocycles. The van der Waals surface area contributed by atoms with Gasteiger partial charge in [0.15, 0.2) is 0 Å². The molecule has 340 valence electrons. The second kappa shape index (κ2) is 21.0. The summed E-state index contributed by atoms with van der Waals surface area (Å²) in [6, 6.07) is 12.3. The highest BCUT2D eigenvalue weighted by Crippen LogP contribution is 2.30. The second-order valence-electron chi connectivity index (χ2n) is 17.6. The molecular formula is C50H62F2N8O3S. The van der Waals surface area contributed by atoms with E-state index in [-0.39, 0.29) is 41.8 Å². The highest BCUT2D eigenvalue weighted by molar-refractivity contribution is 7.11. The van der Waals surface area contributed by atoms with Crippen molar-refractivity contribution in [1.29, 1.82) is 0 Å². The Bertz CT molecular complexity index is 2390.